The van der Waals surface area contributed by atoms with Gasteiger partial charge in [0.15, 0.2) is 17.9 Å². The Kier molecular flexibility index (Phi) is 6.44. The monoisotopic (exact) mass is 496 g/mol. The fourth-order valence-electron chi connectivity index (χ4n) is 4.99. The average molecular weight is 496 g/mol. The summed E-state index contributed by atoms with van der Waals surface area (Å²) in [6.45, 7) is -0.990. The van der Waals surface area contributed by atoms with E-state index in [1.54, 1.807) is 4.90 Å². The number of aromatic amines is 1. The van der Waals surface area contributed by atoms with Crippen LogP contribution in [0.5, 0.6) is 0 Å². The van der Waals surface area contributed by atoms with Crippen LogP contribution in [0.1, 0.15) is 57.8 Å². The van der Waals surface area contributed by atoms with E-state index in [0.29, 0.717) is 23.6 Å². The number of fused-ring (bicyclic) bond motifs is 1. The van der Waals surface area contributed by atoms with Crippen molar-refractivity contribution >= 4 is 6.29 Å². The van der Waals surface area contributed by atoms with Gasteiger partial charge in [-0.25, -0.2) is 8.78 Å². The highest BCUT2D eigenvalue weighted by Crippen LogP contribution is 2.43. The standard InChI is InChI=1S/C21H20F8N4O/c22-14-2-1-12(16(17(14)23)21(27,28)29)11-3-6-32(7-4-11)19-18-13(15(9-34)30-31-18)5-8-33(19)10-20(24,25)26/h1-2,9,11,19H,3-8,10H2,(H,30,31). The molecule has 1 N–H and O–H groups in total. The molecule has 0 amide bonds. The predicted octanol–water partition coefficient (Wildman–Crippen LogP) is 4.82. The maximum Gasteiger partial charge on any atom is 0.419 e. The molecule has 3 heterocycles. The number of carbonyl (C=O) groups excluding carboxylic acids is 1. The summed E-state index contributed by atoms with van der Waals surface area (Å²) >= 11 is 0. The molecule has 1 saturated heterocycles. The number of alkyl halides is 6. The van der Waals surface area contributed by atoms with Crippen LogP contribution < -0.4 is 0 Å². The minimum absolute atomic E-state index is 0.0128. The fourth-order valence-corrected chi connectivity index (χ4v) is 4.99. The summed E-state index contributed by atoms with van der Waals surface area (Å²) in [5.41, 5.74) is -1.04. The highest BCUT2D eigenvalue weighted by atomic mass is 19.4. The second-order valence-corrected chi connectivity index (χ2v) is 8.46. The van der Waals surface area contributed by atoms with E-state index >= 15 is 0 Å². The molecule has 5 nitrogen and oxygen atoms in total. The summed E-state index contributed by atoms with van der Waals surface area (Å²) in [6.07, 6.45) is -9.61. The number of piperidine rings is 1. The lowest BCUT2D eigenvalue weighted by atomic mass is 9.85. The number of halogens is 8. The molecule has 186 valence electrons. The van der Waals surface area contributed by atoms with Crippen molar-refractivity contribution in [2.24, 2.45) is 0 Å². The molecule has 2 aromatic rings. The van der Waals surface area contributed by atoms with E-state index in [9.17, 15) is 39.9 Å². The number of nitrogens with zero attached hydrogens (tertiary/aromatic N) is 3. The summed E-state index contributed by atoms with van der Waals surface area (Å²) in [5.74, 6) is -4.31. The van der Waals surface area contributed by atoms with Crippen LogP contribution in [0.3, 0.4) is 0 Å². The number of likely N-dealkylation sites (tertiary alicyclic amines) is 1. The van der Waals surface area contributed by atoms with Gasteiger partial charge in [0.25, 0.3) is 0 Å². The Hall–Kier alpha value is -2.54. The Labute approximate surface area is 188 Å². The minimum Gasteiger partial charge on any atom is -0.296 e. The first-order valence-corrected chi connectivity index (χ1v) is 10.5. The molecule has 34 heavy (non-hydrogen) atoms. The summed E-state index contributed by atoms with van der Waals surface area (Å²) in [6, 6.07) is 1.57. The lowest BCUT2D eigenvalue weighted by Gasteiger charge is -2.45. The Morgan fingerprint density at radius 2 is 1.74 bits per heavy atom. The first-order chi connectivity index (χ1) is 15.9. The molecule has 0 radical (unpaired) electrons. The summed E-state index contributed by atoms with van der Waals surface area (Å²) in [5, 5.41) is 6.54. The van der Waals surface area contributed by atoms with Gasteiger partial charge in [-0.05, 0) is 36.8 Å². The minimum atomic E-state index is -5.10. The van der Waals surface area contributed by atoms with Gasteiger partial charge in [-0.1, -0.05) is 6.07 Å². The van der Waals surface area contributed by atoms with Crippen molar-refractivity contribution in [2.45, 2.75) is 43.7 Å². The van der Waals surface area contributed by atoms with E-state index in [-0.39, 0.29) is 50.2 Å². The largest absolute Gasteiger partial charge is 0.419 e. The van der Waals surface area contributed by atoms with Gasteiger partial charge in [0.05, 0.1) is 17.8 Å². The maximum atomic E-state index is 14.0. The number of carbonyl (C=O) groups is 1. The lowest BCUT2D eigenvalue weighted by Crippen LogP contribution is -2.50. The SMILES string of the molecule is O=Cc1n[nH]c2c1CCN(CC(F)(F)F)C2N1CCC(c2ccc(F)c(F)c2C(F)(F)F)CC1. The van der Waals surface area contributed by atoms with E-state index in [1.807, 2.05) is 0 Å². The summed E-state index contributed by atoms with van der Waals surface area (Å²) in [4.78, 5) is 14.1. The number of aromatic nitrogens is 2. The molecule has 2 aliphatic rings. The van der Waals surface area contributed by atoms with Crippen LogP contribution in [0.25, 0.3) is 0 Å². The van der Waals surface area contributed by atoms with E-state index < -0.39 is 48.2 Å². The quantitative estimate of drug-likeness (QED) is 0.488. The molecule has 4 rings (SSSR count). The first-order valence-electron chi connectivity index (χ1n) is 10.5. The zero-order chi connectivity index (χ0) is 24.8. The van der Waals surface area contributed by atoms with Gasteiger partial charge in [0.1, 0.15) is 11.9 Å². The Balaban J connectivity index is 1.60. The topological polar surface area (TPSA) is 52.2 Å². The summed E-state index contributed by atoms with van der Waals surface area (Å²) in [7, 11) is 0. The van der Waals surface area contributed by atoms with Crippen LogP contribution in [0.2, 0.25) is 0 Å². The van der Waals surface area contributed by atoms with Crippen molar-refractivity contribution in [3.05, 3.63) is 51.8 Å². The van der Waals surface area contributed by atoms with Crippen molar-refractivity contribution in [2.75, 3.05) is 26.2 Å². The molecule has 2 aliphatic heterocycles. The van der Waals surface area contributed by atoms with Gasteiger partial charge in [0.2, 0.25) is 0 Å². The maximum absolute atomic E-state index is 14.0. The number of hydrogen-bond acceptors (Lipinski definition) is 4. The third-order valence-corrected chi connectivity index (χ3v) is 6.40. The average Bonchev–Trinajstić information content (AvgIpc) is 3.17. The molecule has 13 heteroatoms. The van der Waals surface area contributed by atoms with Crippen LogP contribution in [0.4, 0.5) is 35.1 Å². The zero-order valence-electron chi connectivity index (χ0n) is 17.6. The number of benzene rings is 1. The second kappa shape index (κ2) is 8.91. The van der Waals surface area contributed by atoms with Crippen LogP contribution in [-0.4, -0.2) is 58.6 Å². The third kappa shape index (κ3) is 4.67. The van der Waals surface area contributed by atoms with Gasteiger partial charge >= 0.3 is 12.4 Å². The lowest BCUT2D eigenvalue weighted by molar-refractivity contribution is -0.162. The molecule has 1 fully saturated rings. The Morgan fingerprint density at radius 1 is 1.06 bits per heavy atom. The number of nitrogens with one attached hydrogen (secondary N) is 1. The van der Waals surface area contributed by atoms with Gasteiger partial charge in [0, 0.05) is 25.2 Å². The van der Waals surface area contributed by atoms with E-state index in [2.05, 4.69) is 10.2 Å². The first kappa shape index (κ1) is 24.6. The van der Waals surface area contributed by atoms with Crippen LogP contribution in [0.15, 0.2) is 12.1 Å². The van der Waals surface area contributed by atoms with Crippen LogP contribution in [-0.2, 0) is 12.6 Å². The van der Waals surface area contributed by atoms with Crippen molar-refractivity contribution in [1.82, 2.24) is 20.0 Å². The van der Waals surface area contributed by atoms with Crippen molar-refractivity contribution in [3.8, 4) is 0 Å². The normalized spacial score (nSPS) is 21.0. The number of aldehydes is 1. The van der Waals surface area contributed by atoms with E-state index in [4.69, 9.17) is 0 Å². The van der Waals surface area contributed by atoms with Gasteiger partial charge in [-0.2, -0.15) is 31.4 Å². The molecule has 1 atom stereocenters. The number of H-pyrrole nitrogens is 1. The smallest absolute Gasteiger partial charge is 0.296 e. The highest BCUT2D eigenvalue weighted by Gasteiger charge is 2.44. The zero-order valence-corrected chi connectivity index (χ0v) is 17.6. The van der Waals surface area contributed by atoms with Crippen molar-refractivity contribution < 1.29 is 39.9 Å². The third-order valence-electron chi connectivity index (χ3n) is 6.40. The van der Waals surface area contributed by atoms with Crippen molar-refractivity contribution in [1.29, 1.82) is 0 Å². The van der Waals surface area contributed by atoms with Gasteiger partial charge < -0.3 is 0 Å². The summed E-state index contributed by atoms with van der Waals surface area (Å²) < 4.78 is 108. The number of hydrogen-bond donors (Lipinski definition) is 1. The van der Waals surface area contributed by atoms with E-state index in [1.165, 1.54) is 4.90 Å². The fraction of sp³-hybridized carbons (Fsp3) is 0.524. The molecular formula is C21H20F8N4O. The molecule has 0 aliphatic carbocycles. The number of rotatable bonds is 4. The molecule has 1 aromatic heterocycles. The Bertz CT molecular complexity index is 1060. The van der Waals surface area contributed by atoms with Crippen LogP contribution >= 0.6 is 0 Å². The predicted molar refractivity (Wildman–Crippen MR) is 103 cm³/mol. The van der Waals surface area contributed by atoms with Crippen molar-refractivity contribution in [3.63, 3.8) is 0 Å². The molecule has 1 unspecified atom stereocenters. The molecule has 0 bridgehead atoms. The molecule has 1 aromatic carbocycles. The van der Waals surface area contributed by atoms with E-state index in [0.717, 1.165) is 6.07 Å². The second-order valence-electron chi connectivity index (χ2n) is 8.46. The van der Waals surface area contributed by atoms with Crippen LogP contribution in [0, 0.1) is 11.6 Å². The highest BCUT2D eigenvalue weighted by molar-refractivity contribution is 5.75. The Morgan fingerprint density at radius 3 is 2.32 bits per heavy atom. The molecular weight excluding hydrogens is 476 g/mol. The van der Waals surface area contributed by atoms with Gasteiger partial charge in [-0.3, -0.25) is 19.7 Å². The molecule has 0 spiro atoms. The molecule has 0 saturated carbocycles. The van der Waals surface area contributed by atoms with Gasteiger partial charge in [-0.15, -0.1) is 0 Å².